The normalized spacial score (nSPS) is 19.9. The van der Waals surface area contributed by atoms with Crippen LogP contribution in [0.3, 0.4) is 0 Å². The number of rotatable bonds is 7. The molecule has 20 heavy (non-hydrogen) atoms. The van der Waals surface area contributed by atoms with Gasteiger partial charge in [0.05, 0.1) is 6.04 Å². The molecule has 0 spiro atoms. The molecule has 1 aliphatic rings. The highest BCUT2D eigenvalue weighted by Crippen LogP contribution is 2.34. The predicted molar refractivity (Wildman–Crippen MR) is 71.1 cm³/mol. The third kappa shape index (κ3) is 3.35. The van der Waals surface area contributed by atoms with E-state index in [2.05, 4.69) is 10.1 Å². The van der Waals surface area contributed by atoms with Gasteiger partial charge < -0.3 is 24.5 Å². The fraction of sp³-hybridized carbons (Fsp3) is 0.846. The van der Waals surface area contributed by atoms with E-state index < -0.39 is 5.60 Å². The fourth-order valence-electron chi connectivity index (χ4n) is 2.35. The number of hydrogen-bond donors (Lipinski definition) is 1. The van der Waals surface area contributed by atoms with Gasteiger partial charge in [-0.25, -0.2) is 0 Å². The molecule has 0 aromatic carbocycles. The lowest BCUT2D eigenvalue weighted by atomic mass is 9.93. The van der Waals surface area contributed by atoms with Gasteiger partial charge in [-0.3, -0.25) is 0 Å². The molecule has 1 atom stereocenters. The molecule has 1 aromatic rings. The summed E-state index contributed by atoms with van der Waals surface area (Å²) >= 11 is 0. The van der Waals surface area contributed by atoms with Crippen LogP contribution in [0.5, 0.6) is 0 Å². The molecule has 1 fully saturated rings. The average molecular weight is 285 g/mol. The molecule has 0 amide bonds. The zero-order chi connectivity index (χ0) is 14.4. The van der Waals surface area contributed by atoms with Gasteiger partial charge in [-0.05, 0) is 13.3 Å². The van der Waals surface area contributed by atoms with Gasteiger partial charge in [0.1, 0.15) is 5.60 Å². The van der Waals surface area contributed by atoms with Gasteiger partial charge in [-0.15, -0.1) is 0 Å². The summed E-state index contributed by atoms with van der Waals surface area (Å²) < 4.78 is 21.6. The number of methoxy groups -OCH3 is 1. The van der Waals surface area contributed by atoms with Crippen molar-refractivity contribution in [2.24, 2.45) is 5.73 Å². The van der Waals surface area contributed by atoms with E-state index in [1.165, 1.54) is 0 Å². The molecule has 7 heteroatoms. The molecular weight excluding hydrogens is 262 g/mol. The Labute approximate surface area is 118 Å². The van der Waals surface area contributed by atoms with Crippen LogP contribution in [0.2, 0.25) is 0 Å². The number of hydrogen-bond acceptors (Lipinski definition) is 7. The third-order valence-electron chi connectivity index (χ3n) is 3.52. The minimum absolute atomic E-state index is 0.310. The Kier molecular flexibility index (Phi) is 5.47. The Hall–Kier alpha value is -1.02. The summed E-state index contributed by atoms with van der Waals surface area (Å²) in [7, 11) is 1.64. The largest absolute Gasteiger partial charge is 0.385 e. The van der Waals surface area contributed by atoms with Gasteiger partial charge in [0.2, 0.25) is 11.7 Å². The van der Waals surface area contributed by atoms with Crippen LogP contribution in [0.1, 0.15) is 43.9 Å². The van der Waals surface area contributed by atoms with E-state index in [-0.39, 0.29) is 6.04 Å². The van der Waals surface area contributed by atoms with Gasteiger partial charge in [-0.2, -0.15) is 4.98 Å². The van der Waals surface area contributed by atoms with Crippen LogP contribution in [-0.2, 0) is 19.8 Å². The lowest BCUT2D eigenvalue weighted by Crippen LogP contribution is -2.37. The second-order valence-corrected chi connectivity index (χ2v) is 4.88. The van der Waals surface area contributed by atoms with Crippen LogP contribution >= 0.6 is 0 Å². The first-order valence-electron chi connectivity index (χ1n) is 7.02. The summed E-state index contributed by atoms with van der Waals surface area (Å²) in [5.41, 5.74) is 5.50. The molecule has 114 valence electrons. The molecule has 1 aromatic heterocycles. The minimum Gasteiger partial charge on any atom is -0.385 e. The van der Waals surface area contributed by atoms with Crippen LogP contribution < -0.4 is 5.73 Å². The Bertz CT molecular complexity index is 399. The smallest absolute Gasteiger partial charge is 0.243 e. The summed E-state index contributed by atoms with van der Waals surface area (Å²) in [6, 6.07) is -0.310. The zero-order valence-corrected chi connectivity index (χ0v) is 12.1. The van der Waals surface area contributed by atoms with E-state index in [4.69, 9.17) is 24.5 Å². The van der Waals surface area contributed by atoms with Gasteiger partial charge in [0.25, 0.3) is 0 Å². The number of ether oxygens (including phenoxy) is 3. The summed E-state index contributed by atoms with van der Waals surface area (Å²) in [4.78, 5) is 4.44. The van der Waals surface area contributed by atoms with E-state index in [1.54, 1.807) is 7.11 Å². The minimum atomic E-state index is -0.504. The lowest BCUT2D eigenvalue weighted by molar-refractivity contribution is -0.118. The lowest BCUT2D eigenvalue weighted by Gasteiger charge is -2.33. The van der Waals surface area contributed by atoms with Crippen molar-refractivity contribution in [3.63, 3.8) is 0 Å². The van der Waals surface area contributed by atoms with Crippen LogP contribution in [0.4, 0.5) is 0 Å². The molecule has 0 aliphatic carbocycles. The molecule has 1 aliphatic heterocycles. The maximum Gasteiger partial charge on any atom is 0.243 e. The Morgan fingerprint density at radius 2 is 2.15 bits per heavy atom. The van der Waals surface area contributed by atoms with E-state index in [0.29, 0.717) is 44.6 Å². The molecule has 0 saturated carbocycles. The van der Waals surface area contributed by atoms with Crippen LogP contribution in [-0.4, -0.2) is 43.7 Å². The molecule has 2 N–H and O–H groups in total. The van der Waals surface area contributed by atoms with Gasteiger partial charge >= 0.3 is 0 Å². The predicted octanol–water partition coefficient (Wildman–Crippen LogP) is 1.15. The maximum atomic E-state index is 6.00. The summed E-state index contributed by atoms with van der Waals surface area (Å²) in [5, 5.41) is 4.07. The summed E-state index contributed by atoms with van der Waals surface area (Å²) in [6.07, 6.45) is 2.10. The maximum absolute atomic E-state index is 6.00. The quantitative estimate of drug-likeness (QED) is 0.803. The van der Waals surface area contributed by atoms with Gasteiger partial charge in [0.15, 0.2) is 0 Å². The molecule has 2 heterocycles. The molecule has 1 saturated heterocycles. The second-order valence-electron chi connectivity index (χ2n) is 4.88. The third-order valence-corrected chi connectivity index (χ3v) is 3.52. The van der Waals surface area contributed by atoms with Crippen LogP contribution in [0.25, 0.3) is 0 Å². The van der Waals surface area contributed by atoms with E-state index in [1.807, 2.05) is 6.92 Å². The van der Waals surface area contributed by atoms with E-state index in [0.717, 1.165) is 12.8 Å². The Morgan fingerprint density at radius 1 is 1.40 bits per heavy atom. The summed E-state index contributed by atoms with van der Waals surface area (Å²) in [6.45, 7) is 4.39. The standard InChI is InChI=1S/C13H23N3O4/c1-3-19-13(5-8-18-9-6-13)12-15-11(20-16-12)10(14)4-7-17-2/h10H,3-9,14H2,1-2H3. The second kappa shape index (κ2) is 7.12. The fourth-order valence-corrected chi connectivity index (χ4v) is 2.35. The van der Waals surface area contributed by atoms with Crippen molar-refractivity contribution < 1.29 is 18.7 Å². The van der Waals surface area contributed by atoms with Crippen molar-refractivity contribution in [1.82, 2.24) is 10.1 Å². The van der Waals surface area contributed by atoms with Gasteiger partial charge in [-0.1, -0.05) is 5.16 Å². The number of nitrogens with zero attached hydrogens (tertiary/aromatic N) is 2. The highest BCUT2D eigenvalue weighted by Gasteiger charge is 2.40. The molecule has 2 rings (SSSR count). The topological polar surface area (TPSA) is 92.6 Å². The van der Waals surface area contributed by atoms with Crippen molar-refractivity contribution >= 4 is 0 Å². The van der Waals surface area contributed by atoms with Crippen LogP contribution in [0, 0.1) is 0 Å². The van der Waals surface area contributed by atoms with E-state index in [9.17, 15) is 0 Å². The number of aromatic nitrogens is 2. The first-order chi connectivity index (χ1) is 9.72. The van der Waals surface area contributed by atoms with E-state index >= 15 is 0 Å². The number of nitrogens with two attached hydrogens (primary N) is 1. The Balaban J connectivity index is 2.12. The van der Waals surface area contributed by atoms with Crippen molar-refractivity contribution in [2.45, 2.75) is 37.8 Å². The average Bonchev–Trinajstić information content (AvgIpc) is 2.96. The molecule has 7 nitrogen and oxygen atoms in total. The molecule has 0 bridgehead atoms. The summed E-state index contributed by atoms with van der Waals surface area (Å²) in [5.74, 6) is 1.01. The van der Waals surface area contributed by atoms with Crippen LogP contribution in [0.15, 0.2) is 4.52 Å². The SMILES string of the molecule is CCOC1(c2noc(C(N)CCOC)n2)CCOCC1. The van der Waals surface area contributed by atoms with Crippen molar-refractivity contribution in [2.75, 3.05) is 33.5 Å². The molecule has 0 radical (unpaired) electrons. The van der Waals surface area contributed by atoms with Crippen molar-refractivity contribution in [3.05, 3.63) is 11.7 Å². The van der Waals surface area contributed by atoms with Gasteiger partial charge in [0, 0.05) is 46.4 Å². The molecule has 1 unspecified atom stereocenters. The first-order valence-corrected chi connectivity index (χ1v) is 7.02. The zero-order valence-electron chi connectivity index (χ0n) is 12.1. The molecular formula is C13H23N3O4. The van der Waals surface area contributed by atoms with Crippen molar-refractivity contribution in [1.29, 1.82) is 0 Å². The Morgan fingerprint density at radius 3 is 2.80 bits per heavy atom. The highest BCUT2D eigenvalue weighted by atomic mass is 16.5. The first kappa shape index (κ1) is 15.4. The highest BCUT2D eigenvalue weighted by molar-refractivity contribution is 5.04. The van der Waals surface area contributed by atoms with Crippen molar-refractivity contribution in [3.8, 4) is 0 Å². The monoisotopic (exact) mass is 285 g/mol.